The topological polar surface area (TPSA) is 200 Å². The first-order chi connectivity index (χ1) is 28.1. The van der Waals surface area contributed by atoms with Gasteiger partial charge in [-0.05, 0) is 65.9 Å². The van der Waals surface area contributed by atoms with Crippen molar-refractivity contribution in [2.45, 2.75) is 33.1 Å². The van der Waals surface area contributed by atoms with Gasteiger partial charge in [-0.2, -0.15) is 4.98 Å². The number of benzene rings is 4. The smallest absolute Gasteiger partial charge is 0.323 e. The van der Waals surface area contributed by atoms with E-state index in [2.05, 4.69) is 36.0 Å². The van der Waals surface area contributed by atoms with Crippen LogP contribution in [0.1, 0.15) is 42.3 Å². The van der Waals surface area contributed by atoms with Crippen molar-refractivity contribution in [2.24, 2.45) is 0 Å². The van der Waals surface area contributed by atoms with E-state index in [-0.39, 0.29) is 40.3 Å². The highest BCUT2D eigenvalue weighted by Crippen LogP contribution is 2.40. The summed E-state index contributed by atoms with van der Waals surface area (Å²) in [6, 6.07) is 20.7. The maximum absolute atomic E-state index is 13.5. The van der Waals surface area contributed by atoms with E-state index in [4.69, 9.17) is 23.7 Å². The van der Waals surface area contributed by atoms with Gasteiger partial charge in [0.15, 0.2) is 5.75 Å². The van der Waals surface area contributed by atoms with Gasteiger partial charge in [0.25, 0.3) is 5.91 Å². The van der Waals surface area contributed by atoms with E-state index in [1.165, 1.54) is 7.11 Å². The molecule has 0 saturated carbocycles. The molecule has 0 bridgehead atoms. The number of urea groups is 1. The number of amides is 3. The molecule has 0 aliphatic carbocycles. The van der Waals surface area contributed by atoms with E-state index in [0.717, 1.165) is 17.4 Å². The molecule has 16 nitrogen and oxygen atoms in total. The van der Waals surface area contributed by atoms with Gasteiger partial charge in [-0.15, -0.1) is 0 Å². The van der Waals surface area contributed by atoms with Crippen LogP contribution in [0.15, 0.2) is 79.0 Å². The zero-order chi connectivity index (χ0) is 42.6. The zero-order valence-corrected chi connectivity index (χ0v) is 35.0. The summed E-state index contributed by atoms with van der Waals surface area (Å²) >= 11 is 0. The third-order valence-electron chi connectivity index (χ3n) is 8.61. The summed E-state index contributed by atoms with van der Waals surface area (Å²) < 4.78 is 54.5. The van der Waals surface area contributed by atoms with Crippen LogP contribution in [0.25, 0.3) is 10.8 Å². The maximum Gasteiger partial charge on any atom is 0.323 e. The molecule has 0 spiro atoms. The van der Waals surface area contributed by atoms with Gasteiger partial charge in [-0.25, -0.2) is 18.2 Å². The number of fused-ring (bicyclic) bond motifs is 1. The van der Waals surface area contributed by atoms with Crippen molar-refractivity contribution >= 4 is 61.4 Å². The van der Waals surface area contributed by atoms with E-state index < -0.39 is 16.1 Å². The van der Waals surface area contributed by atoms with Crippen molar-refractivity contribution in [1.29, 1.82) is 0 Å². The number of anilines is 5. The van der Waals surface area contributed by atoms with Crippen LogP contribution < -0.4 is 35.5 Å². The minimum atomic E-state index is -3.65. The Kier molecular flexibility index (Phi) is 15.0. The highest BCUT2D eigenvalue weighted by molar-refractivity contribution is 7.92. The Labute approximate surface area is 344 Å². The molecule has 5 rings (SSSR count). The molecule has 314 valence electrons. The van der Waals surface area contributed by atoms with Crippen molar-refractivity contribution in [3.63, 3.8) is 0 Å². The van der Waals surface area contributed by atoms with Crippen LogP contribution in [-0.4, -0.2) is 90.4 Å². The normalized spacial score (nSPS) is 11.5. The van der Waals surface area contributed by atoms with E-state index in [9.17, 15) is 18.0 Å². The Morgan fingerprint density at radius 2 is 1.49 bits per heavy atom. The van der Waals surface area contributed by atoms with Crippen LogP contribution >= 0.6 is 0 Å². The third kappa shape index (κ3) is 13.0. The van der Waals surface area contributed by atoms with Gasteiger partial charge < -0.3 is 45.0 Å². The van der Waals surface area contributed by atoms with E-state index in [0.29, 0.717) is 73.0 Å². The summed E-state index contributed by atoms with van der Waals surface area (Å²) in [6.45, 7) is 10.4. The summed E-state index contributed by atoms with van der Waals surface area (Å²) in [7, 11) is -0.637. The molecule has 5 aromatic rings. The Hall–Kier alpha value is -6.01. The maximum atomic E-state index is 13.5. The molecule has 0 radical (unpaired) electrons. The van der Waals surface area contributed by atoms with Crippen molar-refractivity contribution in [2.75, 3.05) is 80.7 Å². The fraction of sp³-hybridized carbons (Fsp3) is 0.333. The number of carbonyl (C=O) groups is 2. The number of rotatable bonds is 19. The molecule has 5 N–H and O–H groups in total. The lowest BCUT2D eigenvalue weighted by Crippen LogP contribution is -2.27. The number of sulfonamides is 1. The first kappa shape index (κ1) is 44.1. The Morgan fingerprint density at radius 3 is 2.20 bits per heavy atom. The van der Waals surface area contributed by atoms with Crippen molar-refractivity contribution in [3.05, 3.63) is 95.7 Å². The van der Waals surface area contributed by atoms with Crippen molar-refractivity contribution in [1.82, 2.24) is 15.3 Å². The summed E-state index contributed by atoms with van der Waals surface area (Å²) in [5, 5.41) is 13.1. The molecule has 1 heterocycles. The second-order valence-corrected chi connectivity index (χ2v) is 16.2. The lowest BCUT2D eigenvalue weighted by atomic mass is 9.86. The molecule has 0 fully saturated rings. The number of methoxy groups -OCH3 is 2. The molecule has 1 aromatic heterocycles. The van der Waals surface area contributed by atoms with Gasteiger partial charge in [0.05, 0.1) is 63.5 Å². The summed E-state index contributed by atoms with van der Waals surface area (Å²) in [5.74, 6) is 0.894. The monoisotopic (exact) mass is 829 g/mol. The van der Waals surface area contributed by atoms with E-state index >= 15 is 0 Å². The largest absolute Gasteiger partial charge is 0.492 e. The summed E-state index contributed by atoms with van der Waals surface area (Å²) in [4.78, 5) is 35.3. The molecule has 0 aliphatic heterocycles. The first-order valence-corrected chi connectivity index (χ1v) is 20.6. The molecule has 0 saturated heterocycles. The second kappa shape index (κ2) is 20.1. The number of nitrogens with zero attached hydrogens (tertiary/aromatic N) is 2. The van der Waals surface area contributed by atoms with Crippen LogP contribution in [0.5, 0.6) is 17.4 Å². The number of ether oxygens (including phenoxy) is 5. The van der Waals surface area contributed by atoms with Gasteiger partial charge in [0.1, 0.15) is 5.75 Å². The predicted octanol–water partition coefficient (Wildman–Crippen LogP) is 7.21. The Bertz CT molecular complexity index is 2370. The van der Waals surface area contributed by atoms with Gasteiger partial charge in [-0.3, -0.25) is 9.52 Å². The SMILES string of the molecule is COCCOCCOCCNC(=O)c1cc(C)cc(Nc2nccc(Oc3ccc(NC(=O)Nc4cc(C(C)(C)C)cc(NS(C)(=O)=O)c4OC)c4ccccc34)n2)c1. The average Bonchev–Trinajstić information content (AvgIpc) is 3.17. The Balaban J connectivity index is 1.26. The van der Waals surface area contributed by atoms with Crippen LogP contribution in [-0.2, 0) is 29.6 Å². The number of aryl methyl sites for hydroxylation is 1. The van der Waals surface area contributed by atoms with Crippen molar-refractivity contribution < 1.29 is 41.7 Å². The fourth-order valence-electron chi connectivity index (χ4n) is 5.89. The number of nitrogens with one attached hydrogen (secondary N) is 5. The minimum absolute atomic E-state index is 0.160. The number of hydrogen-bond donors (Lipinski definition) is 5. The third-order valence-corrected chi connectivity index (χ3v) is 9.20. The lowest BCUT2D eigenvalue weighted by molar-refractivity contribution is 0.0255. The quantitative estimate of drug-likeness (QED) is 0.0525. The number of aromatic nitrogens is 2. The van der Waals surface area contributed by atoms with E-state index in [1.54, 1.807) is 55.8 Å². The van der Waals surface area contributed by atoms with Crippen LogP contribution in [0, 0.1) is 6.92 Å². The van der Waals surface area contributed by atoms with Crippen LogP contribution in [0.2, 0.25) is 0 Å². The molecular formula is C42H51N7O9S. The molecular weight excluding hydrogens is 779 g/mol. The summed E-state index contributed by atoms with van der Waals surface area (Å²) in [6.07, 6.45) is 2.60. The van der Waals surface area contributed by atoms with Gasteiger partial charge in [0, 0.05) is 47.9 Å². The highest BCUT2D eigenvalue weighted by atomic mass is 32.2. The number of carbonyl (C=O) groups excluding carboxylic acids is 2. The van der Waals surface area contributed by atoms with Crippen LogP contribution in [0.4, 0.5) is 33.5 Å². The average molecular weight is 830 g/mol. The zero-order valence-electron chi connectivity index (χ0n) is 34.2. The predicted molar refractivity (Wildman–Crippen MR) is 229 cm³/mol. The van der Waals surface area contributed by atoms with Crippen molar-refractivity contribution in [3.8, 4) is 17.4 Å². The number of hydrogen-bond acceptors (Lipinski definition) is 12. The standard InChI is InChI=1S/C42H51N7O9S/c1-27-22-28(39(50)43-16-17-56-20-21-57-19-18-54-5)24-30(23-27)45-40-44-15-14-37(48-40)58-36-13-12-33(31-10-8-9-11-32(31)36)46-41(51)47-34-25-29(42(2,3)4)26-35(38(34)55-6)49-59(7,52)53/h8-15,22-26,49H,16-21H2,1-7H3,(H,43,50)(H,44,45,48)(H2,46,47,51). The summed E-state index contributed by atoms with van der Waals surface area (Å²) in [5.41, 5.74) is 3.31. The van der Waals surface area contributed by atoms with Gasteiger partial charge in [-0.1, -0.05) is 45.0 Å². The lowest BCUT2D eigenvalue weighted by Gasteiger charge is -2.24. The molecule has 0 unspecified atom stereocenters. The Morgan fingerprint density at radius 1 is 0.797 bits per heavy atom. The highest BCUT2D eigenvalue weighted by Gasteiger charge is 2.23. The first-order valence-electron chi connectivity index (χ1n) is 18.8. The second-order valence-electron chi connectivity index (χ2n) is 14.5. The minimum Gasteiger partial charge on any atom is -0.492 e. The molecule has 4 aromatic carbocycles. The molecule has 3 amide bonds. The molecule has 0 aliphatic rings. The molecule has 17 heteroatoms. The molecule has 0 atom stereocenters. The molecule has 59 heavy (non-hydrogen) atoms. The van der Waals surface area contributed by atoms with Gasteiger partial charge >= 0.3 is 6.03 Å². The fourth-order valence-corrected chi connectivity index (χ4v) is 6.44. The van der Waals surface area contributed by atoms with E-state index in [1.807, 2.05) is 58.0 Å². The van der Waals surface area contributed by atoms with Gasteiger partial charge in [0.2, 0.25) is 21.9 Å². The van der Waals surface area contributed by atoms with Crippen LogP contribution in [0.3, 0.4) is 0 Å².